The molecule has 6 aromatic carbocycles. The zero-order valence-corrected chi connectivity index (χ0v) is 43.4. The van der Waals surface area contributed by atoms with Crippen molar-refractivity contribution in [3.05, 3.63) is 161 Å². The van der Waals surface area contributed by atoms with E-state index in [9.17, 15) is 41.5 Å². The number of hydrogen-bond acceptors (Lipinski definition) is 9. The van der Waals surface area contributed by atoms with Gasteiger partial charge in [-0.25, -0.2) is 17.6 Å². The smallest absolute Gasteiger partial charge is 0.255 e. The van der Waals surface area contributed by atoms with Crippen LogP contribution >= 0.6 is 0 Å². The molecule has 0 aliphatic heterocycles. The van der Waals surface area contributed by atoms with Gasteiger partial charge in [0.1, 0.15) is 52.2 Å². The number of halogens is 4. The van der Waals surface area contributed by atoms with E-state index in [2.05, 4.69) is 31.9 Å². The Bertz CT molecular complexity index is 3440. The van der Waals surface area contributed by atoms with Crippen LogP contribution in [0.3, 0.4) is 0 Å². The van der Waals surface area contributed by atoms with Gasteiger partial charge in [0.05, 0.1) is 17.7 Å². The van der Waals surface area contributed by atoms with Crippen molar-refractivity contribution in [1.82, 2.24) is 31.9 Å². The second-order valence-corrected chi connectivity index (χ2v) is 18.7. The predicted molar refractivity (Wildman–Crippen MR) is 288 cm³/mol. The lowest BCUT2D eigenvalue weighted by atomic mass is 9.98. The Hall–Kier alpha value is -8.77. The van der Waals surface area contributed by atoms with E-state index >= 15 is 0 Å². The number of carbonyl (C=O) groups excluding carboxylic acids is 5. The lowest BCUT2D eigenvalue weighted by Crippen LogP contribution is -2.55. The van der Waals surface area contributed by atoms with Gasteiger partial charge in [-0.1, -0.05) is 38.1 Å². The van der Waals surface area contributed by atoms with Crippen molar-refractivity contribution in [2.24, 2.45) is 5.92 Å². The molecule has 0 bridgehead atoms. The number of carbonyl (C=O) groups is 5. The van der Waals surface area contributed by atoms with E-state index in [4.69, 9.17) is 13.6 Å². The first-order valence-electron chi connectivity index (χ1n) is 24.6. The fraction of sp³-hybridized carbons (Fsp3) is 0.237. The van der Waals surface area contributed by atoms with Crippen LogP contribution in [0.2, 0.25) is 0 Å². The van der Waals surface area contributed by atoms with Crippen LogP contribution in [-0.4, -0.2) is 88.9 Å². The largest absolute Gasteiger partial charge is 0.492 e. The van der Waals surface area contributed by atoms with Crippen LogP contribution in [0.15, 0.2) is 136 Å². The average Bonchev–Trinajstić information content (AvgIpc) is 4.13. The molecule has 77 heavy (non-hydrogen) atoms. The molecule has 6 N–H and O–H groups in total. The van der Waals surface area contributed by atoms with E-state index in [1.54, 1.807) is 85.9 Å². The van der Waals surface area contributed by atoms with Crippen molar-refractivity contribution in [2.45, 2.75) is 39.7 Å². The zero-order chi connectivity index (χ0) is 55.6. The normalized spacial score (nSPS) is 11.3. The summed E-state index contributed by atoms with van der Waals surface area (Å²) in [5, 5.41) is 17.1. The van der Waals surface area contributed by atoms with E-state index in [1.807, 2.05) is 33.0 Å². The van der Waals surface area contributed by atoms with Crippen LogP contribution in [0, 0.1) is 17.6 Å². The van der Waals surface area contributed by atoms with Crippen LogP contribution in [0.4, 0.5) is 17.6 Å². The maximum atomic E-state index is 13.5. The number of fused-ring (bicyclic) bond motifs is 2. The predicted octanol–water partition coefficient (Wildman–Crippen LogP) is 10.4. The molecular formula is C59H58F4N6O8. The van der Waals surface area contributed by atoms with Crippen molar-refractivity contribution >= 4 is 51.5 Å². The summed E-state index contributed by atoms with van der Waals surface area (Å²) in [6.07, 6.45) is -2.71. The Morgan fingerprint density at radius 3 is 1.62 bits per heavy atom. The van der Waals surface area contributed by atoms with Gasteiger partial charge in [-0.2, -0.15) is 0 Å². The van der Waals surface area contributed by atoms with E-state index < -0.39 is 36.1 Å². The highest BCUT2D eigenvalue weighted by atomic mass is 19.3. The molecular weight excluding hydrogens is 997 g/mol. The van der Waals surface area contributed by atoms with Crippen molar-refractivity contribution in [3.63, 3.8) is 0 Å². The molecule has 0 aliphatic carbocycles. The lowest BCUT2D eigenvalue weighted by Gasteiger charge is -2.25. The molecule has 400 valence electrons. The quantitative estimate of drug-likeness (QED) is 0.0358. The Morgan fingerprint density at radius 1 is 0.571 bits per heavy atom. The standard InChI is InChI=1S/C30H32FN3O4.C29H26F3N3O4/c1-18(2)17-34-29(35)21-8-11-25(37-14-13-32-3)23(16-21)20-7-12-26-24(15-20)27(30(36)33-4)28(38-26)19-5-9-22(31)10-6-19;1-29(2,28(38)34-15-23(31)32)35-26(36)19-6-4-5-17(13-19)18-9-12-22-21(14-18)24(27(37)33-3)25(39-22)16-7-10-20(30)11-8-16/h5-12,15-16,18,32H,13-14,17H2,1-4H3,(H,33,36)(H,34,35);4-14,23H,15H2,1-3H3,(H,33,37)(H,34,38)(H,35,36). The molecule has 5 amide bonds. The van der Waals surface area contributed by atoms with E-state index in [-0.39, 0.29) is 34.7 Å². The molecule has 0 saturated heterocycles. The molecule has 0 unspecified atom stereocenters. The van der Waals surface area contributed by atoms with E-state index in [0.29, 0.717) is 104 Å². The van der Waals surface area contributed by atoms with Gasteiger partial charge in [0.15, 0.2) is 0 Å². The van der Waals surface area contributed by atoms with Crippen LogP contribution in [0.1, 0.15) is 69.1 Å². The number of amides is 5. The average molecular weight is 1060 g/mol. The van der Waals surface area contributed by atoms with Gasteiger partial charge in [-0.05, 0) is 147 Å². The van der Waals surface area contributed by atoms with Gasteiger partial charge in [0, 0.05) is 65.8 Å². The second-order valence-electron chi connectivity index (χ2n) is 18.7. The second kappa shape index (κ2) is 24.7. The lowest BCUT2D eigenvalue weighted by molar-refractivity contribution is -0.126. The van der Waals surface area contributed by atoms with Crippen LogP contribution in [0.5, 0.6) is 5.75 Å². The number of benzene rings is 6. The number of likely N-dealkylation sites (N-methyl/N-ethyl adjacent to an activating group) is 1. The maximum absolute atomic E-state index is 13.5. The van der Waals surface area contributed by atoms with Crippen LogP contribution in [-0.2, 0) is 4.79 Å². The third-order valence-corrected chi connectivity index (χ3v) is 12.2. The number of alkyl halides is 2. The number of furan rings is 2. The van der Waals surface area contributed by atoms with E-state index in [0.717, 1.165) is 5.56 Å². The van der Waals surface area contributed by atoms with Gasteiger partial charge in [-0.15, -0.1) is 0 Å². The first kappa shape index (κ1) is 56.0. The zero-order valence-electron chi connectivity index (χ0n) is 43.4. The van der Waals surface area contributed by atoms with Crippen molar-refractivity contribution in [3.8, 4) is 50.7 Å². The molecule has 0 saturated carbocycles. The third-order valence-electron chi connectivity index (χ3n) is 12.2. The molecule has 18 heteroatoms. The Morgan fingerprint density at radius 2 is 1.09 bits per heavy atom. The number of ether oxygens (including phenoxy) is 1. The fourth-order valence-electron chi connectivity index (χ4n) is 8.18. The SMILES string of the molecule is CNC(=O)c1c(-c2ccc(F)cc2)oc2ccc(-c3cccc(C(=O)NC(C)(C)C(=O)NCC(F)F)c3)cc12.CNCCOc1ccc(C(=O)NCC(C)C)cc1-c1ccc2oc(-c3ccc(F)cc3)c(C(=O)NC)c2c1. The first-order chi connectivity index (χ1) is 36.8. The van der Waals surface area contributed by atoms with E-state index in [1.165, 1.54) is 57.3 Å². The van der Waals surface area contributed by atoms with Crippen LogP contribution < -0.4 is 36.6 Å². The van der Waals surface area contributed by atoms with Gasteiger partial charge >= 0.3 is 0 Å². The molecule has 2 aromatic heterocycles. The molecule has 0 spiro atoms. The first-order valence-corrected chi connectivity index (χ1v) is 24.6. The Balaban J connectivity index is 0.000000224. The highest BCUT2D eigenvalue weighted by Crippen LogP contribution is 2.40. The van der Waals surface area contributed by atoms with Crippen LogP contribution in [0.25, 0.3) is 66.8 Å². The van der Waals surface area contributed by atoms with Gasteiger partial charge < -0.3 is 45.5 Å². The summed E-state index contributed by atoms with van der Waals surface area (Å²) in [7, 11) is 4.89. The third kappa shape index (κ3) is 13.4. The molecule has 0 atom stereocenters. The summed E-state index contributed by atoms with van der Waals surface area (Å²) >= 11 is 0. The summed E-state index contributed by atoms with van der Waals surface area (Å²) in [6, 6.07) is 34.1. The summed E-state index contributed by atoms with van der Waals surface area (Å²) < 4.78 is 70.0. The fourth-order valence-corrected chi connectivity index (χ4v) is 8.18. The maximum Gasteiger partial charge on any atom is 0.255 e. The minimum absolute atomic E-state index is 0.171. The van der Waals surface area contributed by atoms with Crippen molar-refractivity contribution in [1.29, 1.82) is 0 Å². The van der Waals surface area contributed by atoms with Gasteiger partial charge in [-0.3, -0.25) is 24.0 Å². The monoisotopic (exact) mass is 1050 g/mol. The topological polar surface area (TPSA) is 193 Å². The van der Waals surface area contributed by atoms with Crippen molar-refractivity contribution in [2.75, 3.05) is 47.4 Å². The highest BCUT2D eigenvalue weighted by Gasteiger charge is 2.31. The minimum Gasteiger partial charge on any atom is -0.492 e. The minimum atomic E-state index is -2.71. The molecule has 0 aliphatic rings. The molecule has 14 nitrogen and oxygen atoms in total. The molecule has 0 fully saturated rings. The van der Waals surface area contributed by atoms with Gasteiger partial charge in [0.2, 0.25) is 5.91 Å². The highest BCUT2D eigenvalue weighted by molar-refractivity contribution is 6.13. The molecule has 8 aromatic rings. The summed E-state index contributed by atoms with van der Waals surface area (Å²) in [5.41, 5.74) is 4.83. The van der Waals surface area contributed by atoms with Crippen molar-refractivity contribution < 1.29 is 55.1 Å². The summed E-state index contributed by atoms with van der Waals surface area (Å²) in [4.78, 5) is 63.8. The summed E-state index contributed by atoms with van der Waals surface area (Å²) in [6.45, 7) is 7.75. The Labute approximate surface area is 441 Å². The number of hydrogen-bond donors (Lipinski definition) is 6. The molecule has 2 heterocycles. The molecule has 8 rings (SSSR count). The molecule has 0 radical (unpaired) electrons. The summed E-state index contributed by atoms with van der Waals surface area (Å²) in [5.74, 6) is -1.40. The number of nitrogens with one attached hydrogen (secondary N) is 6. The Kier molecular flexibility index (Phi) is 18.0. The van der Waals surface area contributed by atoms with Gasteiger partial charge in [0.25, 0.3) is 30.1 Å². The number of rotatable bonds is 18.